The summed E-state index contributed by atoms with van der Waals surface area (Å²) in [6.45, 7) is 7.44. The molecule has 0 spiro atoms. The first kappa shape index (κ1) is 10.2. The topological polar surface area (TPSA) is 18.5 Å². The van der Waals surface area contributed by atoms with E-state index >= 15 is 0 Å². The highest BCUT2D eigenvalue weighted by Gasteiger charge is 2.36. The third kappa shape index (κ3) is 2.57. The Bertz CT molecular complexity index is 145. The lowest BCUT2D eigenvalue weighted by Crippen LogP contribution is -2.41. The summed E-state index contributed by atoms with van der Waals surface area (Å²) >= 11 is 0. The molecule has 1 unspecified atom stereocenters. The lowest BCUT2D eigenvalue weighted by atomic mass is 10.5. The molecule has 1 saturated carbocycles. The van der Waals surface area contributed by atoms with Crippen molar-refractivity contribution in [2.24, 2.45) is 5.92 Å². The van der Waals surface area contributed by atoms with E-state index in [1.54, 1.807) is 7.11 Å². The molecule has 72 valence electrons. The first-order chi connectivity index (χ1) is 5.58. The van der Waals surface area contributed by atoms with Gasteiger partial charge < -0.3 is 8.85 Å². The maximum absolute atomic E-state index is 5.88. The Morgan fingerprint density at radius 3 is 2.33 bits per heavy atom. The number of hydrogen-bond acceptors (Lipinski definition) is 2. The molecule has 0 N–H and O–H groups in total. The maximum atomic E-state index is 5.88. The van der Waals surface area contributed by atoms with Crippen LogP contribution in [0.2, 0.25) is 12.1 Å². The molecule has 0 bridgehead atoms. The van der Waals surface area contributed by atoms with Gasteiger partial charge in [-0.3, -0.25) is 0 Å². The lowest BCUT2D eigenvalue weighted by Gasteiger charge is -2.28. The Morgan fingerprint density at radius 1 is 1.42 bits per heavy atom. The standard InChI is InChI=1S/C9H20O2Si/c1-8(2)12(4,10-3)11-7-9-5-6-9/h8-9H,5-7H2,1-4H3. The van der Waals surface area contributed by atoms with Gasteiger partial charge in [0.25, 0.3) is 0 Å². The van der Waals surface area contributed by atoms with Gasteiger partial charge in [0.05, 0.1) is 0 Å². The maximum Gasteiger partial charge on any atom is 0.337 e. The summed E-state index contributed by atoms with van der Waals surface area (Å²) in [5.74, 6) is 0.839. The monoisotopic (exact) mass is 188 g/mol. The van der Waals surface area contributed by atoms with Crippen molar-refractivity contribution in [1.29, 1.82) is 0 Å². The fraction of sp³-hybridized carbons (Fsp3) is 1.00. The van der Waals surface area contributed by atoms with E-state index in [0.29, 0.717) is 5.54 Å². The van der Waals surface area contributed by atoms with E-state index in [4.69, 9.17) is 8.85 Å². The van der Waals surface area contributed by atoms with Crippen LogP contribution in [0.3, 0.4) is 0 Å². The Kier molecular flexibility index (Phi) is 3.32. The van der Waals surface area contributed by atoms with Crippen LogP contribution < -0.4 is 0 Å². The molecular weight excluding hydrogens is 168 g/mol. The quantitative estimate of drug-likeness (QED) is 0.617. The molecule has 0 aromatic heterocycles. The van der Waals surface area contributed by atoms with E-state index in [1.165, 1.54) is 12.8 Å². The SMILES string of the molecule is CO[Si](C)(OCC1CC1)C(C)C. The zero-order valence-corrected chi connectivity index (χ0v) is 9.59. The van der Waals surface area contributed by atoms with Gasteiger partial charge in [-0.25, -0.2) is 0 Å². The minimum absolute atomic E-state index is 0.543. The first-order valence-electron chi connectivity index (χ1n) is 4.77. The summed E-state index contributed by atoms with van der Waals surface area (Å²) in [4.78, 5) is 0. The molecule has 0 amide bonds. The predicted molar refractivity (Wildman–Crippen MR) is 52.4 cm³/mol. The molecular formula is C9H20O2Si. The van der Waals surface area contributed by atoms with E-state index in [2.05, 4.69) is 20.4 Å². The van der Waals surface area contributed by atoms with Crippen molar-refractivity contribution in [2.75, 3.05) is 13.7 Å². The van der Waals surface area contributed by atoms with Crippen molar-refractivity contribution in [3.8, 4) is 0 Å². The van der Waals surface area contributed by atoms with Crippen molar-refractivity contribution in [3.05, 3.63) is 0 Å². The van der Waals surface area contributed by atoms with Crippen LogP contribution in [0.25, 0.3) is 0 Å². The molecule has 1 aliphatic rings. The van der Waals surface area contributed by atoms with E-state index in [0.717, 1.165) is 12.5 Å². The fourth-order valence-electron chi connectivity index (χ4n) is 1.03. The van der Waals surface area contributed by atoms with E-state index in [-0.39, 0.29) is 0 Å². The number of hydrogen-bond donors (Lipinski definition) is 0. The minimum Gasteiger partial charge on any atom is -0.398 e. The highest BCUT2D eigenvalue weighted by Crippen LogP contribution is 2.32. The third-order valence-corrected chi connectivity index (χ3v) is 6.40. The van der Waals surface area contributed by atoms with Crippen molar-refractivity contribution >= 4 is 8.56 Å². The molecule has 0 aromatic carbocycles. The normalized spacial score (nSPS) is 22.8. The molecule has 0 aromatic rings. The minimum atomic E-state index is -1.82. The molecule has 1 fully saturated rings. The molecule has 0 radical (unpaired) electrons. The van der Waals surface area contributed by atoms with Crippen molar-refractivity contribution < 1.29 is 8.85 Å². The third-order valence-electron chi connectivity index (χ3n) is 2.76. The predicted octanol–water partition coefficient (Wildman–Crippen LogP) is 2.54. The molecule has 0 heterocycles. The van der Waals surface area contributed by atoms with Gasteiger partial charge in [-0.05, 0) is 30.8 Å². The van der Waals surface area contributed by atoms with Gasteiger partial charge >= 0.3 is 8.56 Å². The summed E-state index contributed by atoms with van der Waals surface area (Å²) in [6, 6.07) is 0. The Morgan fingerprint density at radius 2 is 2.00 bits per heavy atom. The largest absolute Gasteiger partial charge is 0.398 e. The second kappa shape index (κ2) is 3.90. The van der Waals surface area contributed by atoms with Gasteiger partial charge in [-0.1, -0.05) is 13.8 Å². The van der Waals surface area contributed by atoms with E-state index in [9.17, 15) is 0 Å². The zero-order chi connectivity index (χ0) is 9.19. The number of rotatable bonds is 5. The van der Waals surface area contributed by atoms with Crippen LogP contribution in [0.1, 0.15) is 26.7 Å². The van der Waals surface area contributed by atoms with E-state index < -0.39 is 8.56 Å². The lowest BCUT2D eigenvalue weighted by molar-refractivity contribution is 0.188. The van der Waals surface area contributed by atoms with E-state index in [1.807, 2.05) is 0 Å². The van der Waals surface area contributed by atoms with Crippen LogP contribution in [0.5, 0.6) is 0 Å². The Balaban J connectivity index is 2.30. The highest BCUT2D eigenvalue weighted by atomic mass is 28.4. The molecule has 3 heteroatoms. The zero-order valence-electron chi connectivity index (χ0n) is 8.59. The van der Waals surface area contributed by atoms with Crippen LogP contribution in [0, 0.1) is 5.92 Å². The van der Waals surface area contributed by atoms with Gasteiger partial charge in [0, 0.05) is 13.7 Å². The van der Waals surface area contributed by atoms with Crippen molar-refractivity contribution in [1.82, 2.24) is 0 Å². The van der Waals surface area contributed by atoms with Gasteiger partial charge in [-0.2, -0.15) is 0 Å². The molecule has 0 aliphatic heterocycles. The van der Waals surface area contributed by atoms with Gasteiger partial charge in [0.2, 0.25) is 0 Å². The molecule has 2 nitrogen and oxygen atoms in total. The van der Waals surface area contributed by atoms with Gasteiger partial charge in [0.15, 0.2) is 0 Å². The van der Waals surface area contributed by atoms with Crippen LogP contribution in [-0.4, -0.2) is 22.3 Å². The van der Waals surface area contributed by atoms with Crippen LogP contribution in [0.15, 0.2) is 0 Å². The highest BCUT2D eigenvalue weighted by molar-refractivity contribution is 6.67. The fourth-order valence-corrected chi connectivity index (χ4v) is 2.52. The van der Waals surface area contributed by atoms with Crippen molar-refractivity contribution in [2.45, 2.75) is 38.8 Å². The van der Waals surface area contributed by atoms with Crippen LogP contribution >= 0.6 is 0 Å². The van der Waals surface area contributed by atoms with Crippen molar-refractivity contribution in [3.63, 3.8) is 0 Å². The summed E-state index contributed by atoms with van der Waals surface area (Å²) in [6.07, 6.45) is 2.71. The van der Waals surface area contributed by atoms with Crippen LogP contribution in [-0.2, 0) is 8.85 Å². The summed E-state index contributed by atoms with van der Waals surface area (Å²) in [5.41, 5.74) is 0.543. The van der Waals surface area contributed by atoms with Crippen LogP contribution in [0.4, 0.5) is 0 Å². The smallest absolute Gasteiger partial charge is 0.337 e. The summed E-state index contributed by atoms with van der Waals surface area (Å²) < 4.78 is 11.4. The average Bonchev–Trinajstić information content (AvgIpc) is 2.83. The Hall–Kier alpha value is 0.137. The van der Waals surface area contributed by atoms with Gasteiger partial charge in [-0.15, -0.1) is 0 Å². The molecule has 12 heavy (non-hydrogen) atoms. The molecule has 1 atom stereocenters. The average molecular weight is 188 g/mol. The molecule has 1 aliphatic carbocycles. The molecule has 0 saturated heterocycles. The Labute approximate surface area is 76.5 Å². The van der Waals surface area contributed by atoms with Gasteiger partial charge in [0.1, 0.15) is 0 Å². The first-order valence-corrected chi connectivity index (χ1v) is 7.17. The molecule has 1 rings (SSSR count). The summed E-state index contributed by atoms with van der Waals surface area (Å²) in [7, 11) is -0.0466. The second-order valence-corrected chi connectivity index (χ2v) is 8.01. The summed E-state index contributed by atoms with van der Waals surface area (Å²) in [5, 5.41) is 0. The second-order valence-electron chi connectivity index (χ2n) is 4.13.